The molecule has 0 aliphatic rings. The average molecular weight is 401 g/mol. The van der Waals surface area contributed by atoms with Crippen molar-refractivity contribution >= 4 is 27.5 Å². The van der Waals surface area contributed by atoms with Gasteiger partial charge in [-0.1, -0.05) is 23.7 Å². The van der Waals surface area contributed by atoms with Gasteiger partial charge in [-0.2, -0.15) is 0 Å². The van der Waals surface area contributed by atoms with E-state index in [1.807, 2.05) is 0 Å². The van der Waals surface area contributed by atoms with Gasteiger partial charge in [-0.05, 0) is 42.3 Å². The Morgan fingerprint density at radius 3 is 2.50 bits per heavy atom. The average Bonchev–Trinajstić information content (AvgIpc) is 2.56. The zero-order valence-electron chi connectivity index (χ0n) is 13.7. The van der Waals surface area contributed by atoms with Crippen molar-refractivity contribution in [2.75, 3.05) is 13.2 Å². The molecule has 1 amide bonds. The van der Waals surface area contributed by atoms with E-state index in [1.165, 1.54) is 24.3 Å². The van der Waals surface area contributed by atoms with Gasteiger partial charge >= 0.3 is 0 Å². The zero-order valence-corrected chi connectivity index (χ0v) is 15.3. The summed E-state index contributed by atoms with van der Waals surface area (Å²) >= 11 is 5.82. The fraction of sp³-hybridized carbons (Fsp3) is 0.235. The third-order valence-electron chi connectivity index (χ3n) is 3.47. The summed E-state index contributed by atoms with van der Waals surface area (Å²) in [5.41, 5.74) is 0.868. The third-order valence-corrected chi connectivity index (χ3v) is 4.69. The maximum absolute atomic E-state index is 12.9. The number of nitrogens with two attached hydrogens (primary N) is 1. The second-order valence-electron chi connectivity index (χ2n) is 5.46. The topological polar surface area (TPSA) is 98.5 Å². The molecule has 0 radical (unpaired) electrons. The van der Waals surface area contributed by atoms with Crippen LogP contribution in [0.1, 0.15) is 12.0 Å². The number of benzene rings is 2. The number of halogens is 2. The fourth-order valence-corrected chi connectivity index (χ4v) is 2.86. The minimum atomic E-state index is -3.71. The first-order valence-corrected chi connectivity index (χ1v) is 9.64. The number of amides is 1. The summed E-state index contributed by atoms with van der Waals surface area (Å²) in [6.07, 6.45) is 0.666. The lowest BCUT2D eigenvalue weighted by atomic mass is 10.1. The van der Waals surface area contributed by atoms with Crippen LogP contribution in [0.25, 0.3) is 0 Å². The first kappa shape index (κ1) is 20.2. The second-order valence-corrected chi connectivity index (χ2v) is 7.43. The van der Waals surface area contributed by atoms with Crippen LogP contribution < -0.4 is 15.2 Å². The molecule has 0 fully saturated rings. The summed E-state index contributed by atoms with van der Waals surface area (Å²) < 4.78 is 40.6. The van der Waals surface area contributed by atoms with Crippen LogP contribution in [0.15, 0.2) is 47.4 Å². The lowest BCUT2D eigenvalue weighted by Gasteiger charge is -2.09. The molecular weight excluding hydrogens is 383 g/mol. The molecule has 0 aromatic heterocycles. The van der Waals surface area contributed by atoms with Gasteiger partial charge in [0.05, 0.1) is 22.9 Å². The van der Waals surface area contributed by atoms with E-state index in [9.17, 15) is 17.6 Å². The summed E-state index contributed by atoms with van der Waals surface area (Å²) in [4.78, 5) is 11.8. The Morgan fingerprint density at radius 2 is 1.88 bits per heavy atom. The summed E-state index contributed by atoms with van der Waals surface area (Å²) in [6.45, 7) is 0.505. The second kappa shape index (κ2) is 8.98. The quantitative estimate of drug-likeness (QED) is 0.710. The Bertz CT molecular complexity index is 873. The number of carbonyl (C=O) groups excluding carboxylic acids is 1. The van der Waals surface area contributed by atoms with Gasteiger partial charge in [-0.25, -0.2) is 17.9 Å². The van der Waals surface area contributed by atoms with Crippen molar-refractivity contribution in [2.24, 2.45) is 5.14 Å². The molecule has 0 aliphatic heterocycles. The van der Waals surface area contributed by atoms with Gasteiger partial charge in [0, 0.05) is 6.54 Å². The lowest BCUT2D eigenvalue weighted by Crippen LogP contribution is -2.27. The number of hydrogen-bond donors (Lipinski definition) is 2. The number of rotatable bonds is 8. The number of ether oxygens (including phenoxy) is 1. The predicted molar refractivity (Wildman–Crippen MR) is 96.1 cm³/mol. The minimum absolute atomic E-state index is 0.0434. The summed E-state index contributed by atoms with van der Waals surface area (Å²) in [5.74, 6) is -0.350. The molecule has 0 saturated carbocycles. The molecule has 0 atom stereocenters. The standard InChI is InChI=1S/C17H18ClFN2O4S/c18-15-11-13(19)3-6-16(15)25-10-8-17(22)21-9-7-12-1-4-14(5-2-12)26(20,23)24/h1-6,11H,7-10H2,(H,21,22)(H2,20,23,24). The molecule has 2 rings (SSSR count). The maximum Gasteiger partial charge on any atom is 0.238 e. The molecule has 0 heterocycles. The van der Waals surface area contributed by atoms with Crippen LogP contribution in [0.5, 0.6) is 5.75 Å². The van der Waals surface area contributed by atoms with Crippen molar-refractivity contribution in [2.45, 2.75) is 17.7 Å². The molecule has 0 aliphatic carbocycles. The minimum Gasteiger partial charge on any atom is -0.491 e. The van der Waals surface area contributed by atoms with Crippen molar-refractivity contribution in [3.05, 3.63) is 58.9 Å². The van der Waals surface area contributed by atoms with Gasteiger partial charge in [0.15, 0.2) is 0 Å². The summed E-state index contributed by atoms with van der Waals surface area (Å²) in [6, 6.07) is 9.90. The van der Waals surface area contributed by atoms with Gasteiger partial charge in [-0.15, -0.1) is 0 Å². The van der Waals surface area contributed by atoms with E-state index in [2.05, 4.69) is 5.32 Å². The molecule has 0 bridgehead atoms. The van der Waals surface area contributed by atoms with Crippen LogP contribution in [0.2, 0.25) is 5.02 Å². The smallest absolute Gasteiger partial charge is 0.238 e. The van der Waals surface area contributed by atoms with Crippen LogP contribution >= 0.6 is 11.6 Å². The number of hydrogen-bond acceptors (Lipinski definition) is 4. The molecular formula is C17H18ClFN2O4S. The Balaban J connectivity index is 1.70. The van der Waals surface area contributed by atoms with Crippen LogP contribution in [-0.4, -0.2) is 27.5 Å². The number of sulfonamides is 1. The molecule has 0 spiro atoms. The highest BCUT2D eigenvalue weighted by Gasteiger charge is 2.08. The van der Waals surface area contributed by atoms with Crippen LogP contribution in [0.3, 0.4) is 0 Å². The van der Waals surface area contributed by atoms with Crippen molar-refractivity contribution in [1.82, 2.24) is 5.32 Å². The predicted octanol–water partition coefficient (Wildman–Crippen LogP) is 2.25. The molecule has 26 heavy (non-hydrogen) atoms. The molecule has 140 valence electrons. The van der Waals surface area contributed by atoms with E-state index in [-0.39, 0.29) is 28.9 Å². The van der Waals surface area contributed by atoms with Crippen molar-refractivity contribution < 1.29 is 22.3 Å². The molecule has 0 unspecified atom stereocenters. The number of nitrogens with one attached hydrogen (secondary N) is 1. The van der Waals surface area contributed by atoms with Crippen molar-refractivity contribution in [3.8, 4) is 5.75 Å². The van der Waals surface area contributed by atoms with Gasteiger partial charge in [-0.3, -0.25) is 4.79 Å². The molecule has 2 aromatic rings. The molecule has 0 saturated heterocycles. The summed E-state index contributed by atoms with van der Waals surface area (Å²) in [7, 11) is -3.71. The van der Waals surface area contributed by atoms with E-state index >= 15 is 0 Å². The van der Waals surface area contributed by atoms with Crippen LogP contribution in [0.4, 0.5) is 4.39 Å². The highest BCUT2D eigenvalue weighted by Crippen LogP contribution is 2.24. The normalized spacial score (nSPS) is 11.2. The highest BCUT2D eigenvalue weighted by atomic mass is 35.5. The summed E-state index contributed by atoms with van der Waals surface area (Å²) in [5, 5.41) is 7.91. The first-order chi connectivity index (χ1) is 12.3. The van der Waals surface area contributed by atoms with E-state index in [0.29, 0.717) is 18.7 Å². The van der Waals surface area contributed by atoms with Gasteiger partial charge < -0.3 is 10.1 Å². The lowest BCUT2D eigenvalue weighted by molar-refractivity contribution is -0.121. The monoisotopic (exact) mass is 400 g/mol. The first-order valence-electron chi connectivity index (χ1n) is 7.72. The van der Waals surface area contributed by atoms with Gasteiger partial charge in [0.1, 0.15) is 11.6 Å². The Hall–Kier alpha value is -2.16. The van der Waals surface area contributed by atoms with Gasteiger partial charge in [0.25, 0.3) is 0 Å². The number of carbonyl (C=O) groups is 1. The Morgan fingerprint density at radius 1 is 1.19 bits per heavy atom. The van der Waals surface area contributed by atoms with Crippen LogP contribution in [-0.2, 0) is 21.2 Å². The highest BCUT2D eigenvalue weighted by molar-refractivity contribution is 7.89. The third kappa shape index (κ3) is 6.29. The van der Waals surface area contributed by atoms with Crippen LogP contribution in [0, 0.1) is 5.82 Å². The Labute approximate surface area is 156 Å². The number of primary sulfonamides is 1. The molecule has 2 aromatic carbocycles. The Kier molecular flexibility index (Phi) is 6.96. The van der Waals surface area contributed by atoms with E-state index in [4.69, 9.17) is 21.5 Å². The van der Waals surface area contributed by atoms with Gasteiger partial charge in [0.2, 0.25) is 15.9 Å². The SMILES string of the molecule is NS(=O)(=O)c1ccc(CCNC(=O)CCOc2ccc(F)cc2Cl)cc1. The maximum atomic E-state index is 12.9. The largest absolute Gasteiger partial charge is 0.491 e. The zero-order chi connectivity index (χ0) is 19.2. The van der Waals surface area contributed by atoms with E-state index in [0.717, 1.165) is 11.6 Å². The van der Waals surface area contributed by atoms with Crippen molar-refractivity contribution in [3.63, 3.8) is 0 Å². The van der Waals surface area contributed by atoms with Crippen molar-refractivity contribution in [1.29, 1.82) is 0 Å². The van der Waals surface area contributed by atoms with E-state index in [1.54, 1.807) is 12.1 Å². The molecule has 3 N–H and O–H groups in total. The van der Waals surface area contributed by atoms with E-state index < -0.39 is 15.8 Å². The molecule has 6 nitrogen and oxygen atoms in total. The molecule has 9 heteroatoms. The fourth-order valence-electron chi connectivity index (χ4n) is 2.13.